The molecule has 4 rings (SSSR count). The number of benzene rings is 3. The number of hydrogen-bond donors (Lipinski definition) is 0. The van der Waals surface area contributed by atoms with Crippen LogP contribution in [0.25, 0.3) is 0 Å². The largest absolute Gasteiger partial charge is 0.348 e. The van der Waals surface area contributed by atoms with Crippen LogP contribution in [0, 0.1) is 11.3 Å². The minimum absolute atomic E-state index is 0.684. The molecule has 0 spiro atoms. The molecule has 0 atom stereocenters. The first-order valence-corrected chi connectivity index (χ1v) is 9.80. The average Bonchev–Trinajstić information content (AvgIpc) is 2.81. The fourth-order valence-electron chi connectivity index (χ4n) is 3.64. The van der Waals surface area contributed by atoms with Gasteiger partial charge in [0, 0.05) is 35.5 Å². The molecule has 1 aliphatic carbocycles. The van der Waals surface area contributed by atoms with E-state index >= 15 is 0 Å². The standard InChI is InChI=1S/C26H23N3/c1-28(22-14-12-21(20-27)13-15-22)23-16-18-26(19-17-23)29(24-8-4-2-5-9-24)25-10-6-3-7-11-25/h2-16,18H,17,19H2,1H3. The zero-order valence-corrected chi connectivity index (χ0v) is 16.5. The molecule has 142 valence electrons. The highest BCUT2D eigenvalue weighted by Gasteiger charge is 2.18. The molecule has 3 aromatic rings. The van der Waals surface area contributed by atoms with Crippen LogP contribution in [0.15, 0.2) is 108 Å². The molecule has 0 unspecified atom stereocenters. The maximum Gasteiger partial charge on any atom is 0.0991 e. The van der Waals surface area contributed by atoms with Gasteiger partial charge in [-0.15, -0.1) is 0 Å². The van der Waals surface area contributed by atoms with Crippen molar-refractivity contribution in [1.29, 1.82) is 5.26 Å². The van der Waals surface area contributed by atoms with E-state index in [0.29, 0.717) is 5.56 Å². The lowest BCUT2D eigenvalue weighted by atomic mass is 10.0. The Morgan fingerprint density at radius 3 is 1.66 bits per heavy atom. The molecule has 3 aromatic carbocycles. The van der Waals surface area contributed by atoms with E-state index in [-0.39, 0.29) is 0 Å². The van der Waals surface area contributed by atoms with E-state index in [4.69, 9.17) is 5.26 Å². The third-order valence-electron chi connectivity index (χ3n) is 5.24. The first-order valence-electron chi connectivity index (χ1n) is 9.80. The van der Waals surface area contributed by atoms with Crippen molar-refractivity contribution in [3.8, 4) is 6.07 Å². The molecule has 3 heteroatoms. The number of para-hydroxylation sites is 2. The molecule has 0 saturated carbocycles. The topological polar surface area (TPSA) is 30.3 Å². The minimum atomic E-state index is 0.684. The van der Waals surface area contributed by atoms with Crippen molar-refractivity contribution in [1.82, 2.24) is 0 Å². The molecule has 0 fully saturated rings. The summed E-state index contributed by atoms with van der Waals surface area (Å²) in [6.45, 7) is 0. The van der Waals surface area contributed by atoms with Crippen LogP contribution in [-0.2, 0) is 0 Å². The highest BCUT2D eigenvalue weighted by Crippen LogP contribution is 2.34. The van der Waals surface area contributed by atoms with E-state index in [0.717, 1.165) is 18.5 Å². The van der Waals surface area contributed by atoms with Gasteiger partial charge in [-0.1, -0.05) is 36.4 Å². The SMILES string of the molecule is CN(C1=CC=C(N(c2ccccc2)c2ccccc2)CC1)c1ccc(C#N)cc1. The lowest BCUT2D eigenvalue weighted by molar-refractivity contribution is 0.838. The van der Waals surface area contributed by atoms with Gasteiger partial charge in [-0.25, -0.2) is 0 Å². The Hall–Kier alpha value is -3.77. The van der Waals surface area contributed by atoms with Gasteiger partial charge in [-0.3, -0.25) is 0 Å². The fraction of sp³-hybridized carbons (Fsp3) is 0.115. The maximum atomic E-state index is 9.00. The van der Waals surface area contributed by atoms with Gasteiger partial charge in [0.1, 0.15) is 0 Å². The van der Waals surface area contributed by atoms with E-state index < -0.39 is 0 Å². The molecule has 1 aliphatic rings. The van der Waals surface area contributed by atoms with E-state index in [9.17, 15) is 0 Å². The van der Waals surface area contributed by atoms with Gasteiger partial charge in [0.05, 0.1) is 11.6 Å². The van der Waals surface area contributed by atoms with Crippen molar-refractivity contribution in [3.63, 3.8) is 0 Å². The summed E-state index contributed by atoms with van der Waals surface area (Å²) < 4.78 is 0. The van der Waals surface area contributed by atoms with Crippen molar-refractivity contribution in [2.24, 2.45) is 0 Å². The molecule has 0 saturated heterocycles. The molecule has 0 aromatic heterocycles. The Kier molecular flexibility index (Phi) is 5.45. The molecule has 3 nitrogen and oxygen atoms in total. The first-order chi connectivity index (χ1) is 14.3. The lowest BCUT2D eigenvalue weighted by Crippen LogP contribution is -2.22. The molecular formula is C26H23N3. The van der Waals surface area contributed by atoms with E-state index in [1.165, 1.54) is 22.8 Å². The summed E-state index contributed by atoms with van der Waals surface area (Å²) in [7, 11) is 2.08. The lowest BCUT2D eigenvalue weighted by Gasteiger charge is -2.31. The van der Waals surface area contributed by atoms with Gasteiger partial charge in [-0.2, -0.15) is 5.26 Å². The molecule has 0 heterocycles. The van der Waals surface area contributed by atoms with Gasteiger partial charge in [0.2, 0.25) is 0 Å². The van der Waals surface area contributed by atoms with Gasteiger partial charge in [0.15, 0.2) is 0 Å². The molecule has 29 heavy (non-hydrogen) atoms. The van der Waals surface area contributed by atoms with E-state index in [1.54, 1.807) is 0 Å². The zero-order chi connectivity index (χ0) is 20.1. The second kappa shape index (κ2) is 8.50. The highest BCUT2D eigenvalue weighted by atomic mass is 15.2. The average molecular weight is 377 g/mol. The van der Waals surface area contributed by atoms with Crippen LogP contribution < -0.4 is 9.80 Å². The first kappa shape index (κ1) is 18.6. The van der Waals surface area contributed by atoms with Crippen LogP contribution in [0.2, 0.25) is 0 Å². The van der Waals surface area contributed by atoms with Crippen molar-refractivity contribution in [2.45, 2.75) is 12.8 Å². The van der Waals surface area contributed by atoms with Gasteiger partial charge in [0.25, 0.3) is 0 Å². The summed E-state index contributed by atoms with van der Waals surface area (Å²) >= 11 is 0. The monoisotopic (exact) mass is 377 g/mol. The molecular weight excluding hydrogens is 354 g/mol. The fourth-order valence-corrected chi connectivity index (χ4v) is 3.64. The van der Waals surface area contributed by atoms with Gasteiger partial charge >= 0.3 is 0 Å². The number of hydrogen-bond acceptors (Lipinski definition) is 3. The smallest absolute Gasteiger partial charge is 0.0991 e. The van der Waals surface area contributed by atoms with Crippen molar-refractivity contribution in [2.75, 3.05) is 16.8 Å². The Morgan fingerprint density at radius 1 is 0.655 bits per heavy atom. The van der Waals surface area contributed by atoms with Crippen LogP contribution in [0.5, 0.6) is 0 Å². The van der Waals surface area contributed by atoms with E-state index in [1.807, 2.05) is 36.4 Å². The predicted octanol–water partition coefficient (Wildman–Crippen LogP) is 6.39. The van der Waals surface area contributed by atoms with Crippen LogP contribution in [0.3, 0.4) is 0 Å². The third kappa shape index (κ3) is 4.07. The molecule has 0 aliphatic heterocycles. The molecule has 0 bridgehead atoms. The summed E-state index contributed by atoms with van der Waals surface area (Å²) in [5.41, 5.74) is 6.65. The zero-order valence-electron chi connectivity index (χ0n) is 16.5. The summed E-state index contributed by atoms with van der Waals surface area (Å²) in [6, 6.07) is 30.9. The predicted molar refractivity (Wildman–Crippen MR) is 120 cm³/mol. The summed E-state index contributed by atoms with van der Waals surface area (Å²) in [5, 5.41) is 9.00. The number of nitriles is 1. The Bertz CT molecular complexity index is 1020. The van der Waals surface area contributed by atoms with Crippen molar-refractivity contribution < 1.29 is 0 Å². The number of allylic oxidation sites excluding steroid dienone is 4. The van der Waals surface area contributed by atoms with E-state index in [2.05, 4.69) is 83.6 Å². The third-order valence-corrected chi connectivity index (χ3v) is 5.24. The quantitative estimate of drug-likeness (QED) is 0.516. The minimum Gasteiger partial charge on any atom is -0.348 e. The normalized spacial score (nSPS) is 13.1. The molecule has 0 radical (unpaired) electrons. The van der Waals surface area contributed by atoms with Crippen LogP contribution in [0.1, 0.15) is 18.4 Å². The Morgan fingerprint density at radius 2 is 1.17 bits per heavy atom. The van der Waals surface area contributed by atoms with Crippen LogP contribution >= 0.6 is 0 Å². The van der Waals surface area contributed by atoms with Crippen LogP contribution in [0.4, 0.5) is 17.1 Å². The summed E-state index contributed by atoms with van der Waals surface area (Å²) in [6.07, 6.45) is 6.34. The maximum absolute atomic E-state index is 9.00. The second-order valence-corrected chi connectivity index (χ2v) is 7.04. The Labute approximate surface area is 172 Å². The number of nitrogens with zero attached hydrogens (tertiary/aromatic N) is 3. The second-order valence-electron chi connectivity index (χ2n) is 7.04. The van der Waals surface area contributed by atoms with Crippen LogP contribution in [-0.4, -0.2) is 7.05 Å². The highest BCUT2D eigenvalue weighted by molar-refractivity contribution is 5.69. The van der Waals surface area contributed by atoms with Crippen molar-refractivity contribution in [3.05, 3.63) is 114 Å². The summed E-state index contributed by atoms with van der Waals surface area (Å²) in [4.78, 5) is 4.53. The number of rotatable bonds is 5. The number of anilines is 3. The summed E-state index contributed by atoms with van der Waals surface area (Å²) in [5.74, 6) is 0. The molecule has 0 amide bonds. The molecule has 0 N–H and O–H groups in total. The van der Waals surface area contributed by atoms with Crippen molar-refractivity contribution >= 4 is 17.1 Å². The van der Waals surface area contributed by atoms with Gasteiger partial charge < -0.3 is 9.80 Å². The Balaban J connectivity index is 1.63. The van der Waals surface area contributed by atoms with Gasteiger partial charge in [-0.05, 0) is 73.5 Å².